The van der Waals surface area contributed by atoms with Gasteiger partial charge in [0.2, 0.25) is 5.91 Å². The molecule has 0 aliphatic rings. The van der Waals surface area contributed by atoms with Gasteiger partial charge in [0.25, 0.3) is 0 Å². The first-order chi connectivity index (χ1) is 14.0. The molecule has 0 aliphatic carbocycles. The Morgan fingerprint density at radius 3 is 2.21 bits per heavy atom. The molecule has 0 radical (unpaired) electrons. The number of aromatic nitrogens is 1. The van der Waals surface area contributed by atoms with Crippen molar-refractivity contribution in [1.82, 2.24) is 9.88 Å². The Morgan fingerprint density at radius 2 is 1.59 bits per heavy atom. The van der Waals surface area contributed by atoms with Crippen molar-refractivity contribution in [2.45, 2.75) is 46.6 Å². The molecule has 3 aromatic rings. The van der Waals surface area contributed by atoms with Gasteiger partial charge in [0, 0.05) is 30.1 Å². The Hall–Kier alpha value is -2.70. The molecule has 1 amide bonds. The summed E-state index contributed by atoms with van der Waals surface area (Å²) in [6, 6.07) is 18.1. The summed E-state index contributed by atoms with van der Waals surface area (Å²) in [6.45, 7) is 5.87. The van der Waals surface area contributed by atoms with Crippen LogP contribution in [0.4, 0.5) is 0 Å². The number of amides is 1. The van der Waals surface area contributed by atoms with Crippen LogP contribution in [0.2, 0.25) is 0 Å². The molecule has 0 aliphatic heterocycles. The number of benzene rings is 2. The van der Waals surface area contributed by atoms with Crippen molar-refractivity contribution in [3.05, 3.63) is 91.5 Å². The van der Waals surface area contributed by atoms with Gasteiger partial charge in [-0.15, -0.1) is 0 Å². The average Bonchev–Trinajstić information content (AvgIpc) is 2.98. The number of nitrogens with one attached hydrogen (secondary N) is 1. The molecular weight excluding hydrogens is 384 g/mol. The second-order valence-electron chi connectivity index (χ2n) is 6.98. The first-order valence-corrected chi connectivity index (χ1v) is 10.5. The van der Waals surface area contributed by atoms with Crippen molar-refractivity contribution in [2.24, 2.45) is 0 Å². The lowest BCUT2D eigenvalue weighted by atomic mass is 10.1. The normalized spacial score (nSPS) is 10.8. The first kappa shape index (κ1) is 21.0. The van der Waals surface area contributed by atoms with Gasteiger partial charge in [-0.25, -0.2) is 0 Å². The number of ether oxygens (including phenoxy) is 1. The van der Waals surface area contributed by atoms with E-state index in [4.69, 9.17) is 4.74 Å². The first-order valence-electron chi connectivity index (χ1n) is 9.66. The van der Waals surface area contributed by atoms with Crippen molar-refractivity contribution in [3.63, 3.8) is 0 Å². The van der Waals surface area contributed by atoms with Gasteiger partial charge in [0.1, 0.15) is 0 Å². The number of carbonyl (C=O) groups excluding carboxylic acids is 1. The van der Waals surface area contributed by atoms with E-state index in [1.165, 1.54) is 11.3 Å². The van der Waals surface area contributed by atoms with Crippen molar-refractivity contribution in [3.8, 4) is 0 Å². The predicted molar refractivity (Wildman–Crippen MR) is 116 cm³/mol. The van der Waals surface area contributed by atoms with Gasteiger partial charge in [-0.05, 0) is 30.5 Å². The maximum absolute atomic E-state index is 12.1. The summed E-state index contributed by atoms with van der Waals surface area (Å²) in [4.78, 5) is 25.0. The molecule has 3 rings (SSSR count). The minimum atomic E-state index is -0.0598. The molecule has 1 N–H and O–H groups in total. The number of thiazole rings is 1. The predicted octanol–water partition coefficient (Wildman–Crippen LogP) is 3.95. The quantitative estimate of drug-likeness (QED) is 0.581. The Kier molecular flexibility index (Phi) is 7.38. The third kappa shape index (κ3) is 6.14. The second kappa shape index (κ2) is 10.2. The van der Waals surface area contributed by atoms with Crippen LogP contribution in [0.3, 0.4) is 0 Å². The van der Waals surface area contributed by atoms with E-state index in [1.807, 2.05) is 68.4 Å². The van der Waals surface area contributed by atoms with Crippen molar-refractivity contribution in [1.29, 1.82) is 0 Å². The van der Waals surface area contributed by atoms with Crippen LogP contribution in [0.5, 0.6) is 0 Å². The summed E-state index contributed by atoms with van der Waals surface area (Å²) >= 11 is 1.23. The SMILES string of the molecule is Cc1sc(=O)n(CCC(=O)NCc2ccc(COCc3ccccc3)cc2)c1C. The Morgan fingerprint density at radius 1 is 0.966 bits per heavy atom. The fraction of sp³-hybridized carbons (Fsp3) is 0.304. The molecule has 1 heterocycles. The summed E-state index contributed by atoms with van der Waals surface area (Å²) in [5, 5.41) is 2.92. The molecule has 29 heavy (non-hydrogen) atoms. The molecule has 0 saturated heterocycles. The van der Waals surface area contributed by atoms with Crippen molar-refractivity contribution in [2.75, 3.05) is 0 Å². The van der Waals surface area contributed by atoms with Gasteiger partial charge in [0.15, 0.2) is 0 Å². The smallest absolute Gasteiger partial charge is 0.307 e. The van der Waals surface area contributed by atoms with Gasteiger partial charge in [0.05, 0.1) is 13.2 Å². The minimum Gasteiger partial charge on any atom is -0.372 e. The number of carbonyl (C=O) groups is 1. The third-order valence-electron chi connectivity index (χ3n) is 4.83. The van der Waals surface area contributed by atoms with E-state index in [0.717, 1.165) is 27.3 Å². The second-order valence-corrected chi connectivity index (χ2v) is 8.15. The van der Waals surface area contributed by atoms with E-state index in [-0.39, 0.29) is 10.8 Å². The Bertz CT molecular complexity index is 991. The average molecular weight is 411 g/mol. The van der Waals surface area contributed by atoms with Gasteiger partial charge in [-0.1, -0.05) is 65.9 Å². The van der Waals surface area contributed by atoms with E-state index in [9.17, 15) is 9.59 Å². The monoisotopic (exact) mass is 410 g/mol. The minimum absolute atomic E-state index is 0.00197. The van der Waals surface area contributed by atoms with E-state index >= 15 is 0 Å². The molecule has 0 bridgehead atoms. The Labute approximate surface area is 175 Å². The standard InChI is InChI=1S/C23H26N2O3S/c1-17-18(2)29-23(27)25(17)13-12-22(26)24-14-19-8-10-21(11-9-19)16-28-15-20-6-4-3-5-7-20/h3-11H,12-16H2,1-2H3,(H,24,26). The van der Waals surface area contributed by atoms with Gasteiger partial charge in [-0.3, -0.25) is 9.59 Å². The molecule has 6 heteroatoms. The lowest BCUT2D eigenvalue weighted by molar-refractivity contribution is -0.121. The van der Waals surface area contributed by atoms with Crippen LogP contribution >= 0.6 is 11.3 Å². The summed E-state index contributed by atoms with van der Waals surface area (Å²) < 4.78 is 7.41. The molecule has 0 atom stereocenters. The maximum atomic E-state index is 12.1. The van der Waals surface area contributed by atoms with Crippen LogP contribution in [0, 0.1) is 13.8 Å². The van der Waals surface area contributed by atoms with Crippen LogP contribution in [0.15, 0.2) is 59.4 Å². The molecule has 1 aromatic heterocycles. The summed E-state index contributed by atoms with van der Waals surface area (Å²) in [5.41, 5.74) is 4.23. The molecule has 5 nitrogen and oxygen atoms in total. The highest BCUT2D eigenvalue weighted by molar-refractivity contribution is 7.09. The van der Waals surface area contributed by atoms with Crippen LogP contribution in [0.25, 0.3) is 0 Å². The number of aryl methyl sites for hydroxylation is 1. The van der Waals surface area contributed by atoms with Crippen LogP contribution in [-0.2, 0) is 35.8 Å². The largest absolute Gasteiger partial charge is 0.372 e. The van der Waals surface area contributed by atoms with Crippen molar-refractivity contribution < 1.29 is 9.53 Å². The van der Waals surface area contributed by atoms with E-state index in [0.29, 0.717) is 32.7 Å². The lowest BCUT2D eigenvalue weighted by Gasteiger charge is -2.08. The molecule has 2 aromatic carbocycles. The highest BCUT2D eigenvalue weighted by atomic mass is 32.1. The van der Waals surface area contributed by atoms with Crippen molar-refractivity contribution >= 4 is 17.2 Å². The van der Waals surface area contributed by atoms with E-state index in [1.54, 1.807) is 4.57 Å². The van der Waals surface area contributed by atoms with E-state index in [2.05, 4.69) is 5.32 Å². The zero-order valence-electron chi connectivity index (χ0n) is 16.8. The summed E-state index contributed by atoms with van der Waals surface area (Å²) in [5.74, 6) is -0.0598. The fourth-order valence-corrected chi connectivity index (χ4v) is 3.82. The Balaban J connectivity index is 1.40. The molecule has 0 spiro atoms. The van der Waals surface area contributed by atoms with Crippen LogP contribution in [-0.4, -0.2) is 10.5 Å². The maximum Gasteiger partial charge on any atom is 0.307 e. The molecule has 0 unspecified atom stereocenters. The zero-order chi connectivity index (χ0) is 20.6. The summed E-state index contributed by atoms with van der Waals surface area (Å²) in [6.07, 6.45) is 0.294. The van der Waals surface area contributed by atoms with Gasteiger partial charge >= 0.3 is 4.87 Å². The van der Waals surface area contributed by atoms with Gasteiger partial charge in [-0.2, -0.15) is 0 Å². The van der Waals surface area contributed by atoms with Crippen LogP contribution < -0.4 is 10.2 Å². The van der Waals surface area contributed by atoms with Gasteiger partial charge < -0.3 is 14.6 Å². The fourth-order valence-electron chi connectivity index (χ4n) is 2.96. The van der Waals surface area contributed by atoms with Crippen LogP contribution in [0.1, 0.15) is 33.7 Å². The number of hydrogen-bond donors (Lipinski definition) is 1. The third-order valence-corrected chi connectivity index (χ3v) is 5.83. The molecule has 0 fully saturated rings. The number of rotatable bonds is 9. The topological polar surface area (TPSA) is 60.3 Å². The highest BCUT2D eigenvalue weighted by Crippen LogP contribution is 2.10. The molecule has 152 valence electrons. The molecule has 0 saturated carbocycles. The van der Waals surface area contributed by atoms with E-state index < -0.39 is 0 Å². The molecular formula is C23H26N2O3S. The highest BCUT2D eigenvalue weighted by Gasteiger charge is 2.09. The number of nitrogens with zero attached hydrogens (tertiary/aromatic N) is 1. The number of hydrogen-bond acceptors (Lipinski definition) is 4. The zero-order valence-corrected chi connectivity index (χ0v) is 17.6. The lowest BCUT2D eigenvalue weighted by Crippen LogP contribution is -2.26. The summed E-state index contributed by atoms with van der Waals surface area (Å²) in [7, 11) is 0.